The van der Waals surface area contributed by atoms with Crippen LogP contribution in [-0.4, -0.2) is 16.1 Å². The summed E-state index contributed by atoms with van der Waals surface area (Å²) in [5.74, 6) is 0.564. The van der Waals surface area contributed by atoms with Gasteiger partial charge in [0.05, 0.1) is 28.1 Å². The summed E-state index contributed by atoms with van der Waals surface area (Å²) < 4.78 is 9.13. The van der Waals surface area contributed by atoms with Gasteiger partial charge in [0, 0.05) is 32.7 Å². The van der Waals surface area contributed by atoms with Crippen LogP contribution in [0.5, 0.6) is 0 Å². The van der Waals surface area contributed by atoms with Gasteiger partial charge >= 0.3 is 0 Å². The molecule has 0 amide bonds. The minimum atomic E-state index is 0.564. The molecule has 53 heavy (non-hydrogen) atoms. The van der Waals surface area contributed by atoms with Crippen molar-refractivity contribution in [2.45, 2.75) is 6.92 Å². The molecule has 0 N–H and O–H groups in total. The Morgan fingerprint density at radius 3 is 1.81 bits per heavy atom. The van der Waals surface area contributed by atoms with Gasteiger partial charge in [0.1, 0.15) is 5.58 Å². The zero-order chi connectivity index (χ0) is 35.7. The van der Waals surface area contributed by atoms with E-state index in [0.29, 0.717) is 5.84 Å². The lowest BCUT2D eigenvalue weighted by Gasteiger charge is -2.13. The van der Waals surface area contributed by atoms with Crippen LogP contribution in [0.4, 0.5) is 0 Å². The number of amidine groups is 1. The molecular weight excluding hydrogens is 647 g/mol. The molecule has 0 saturated heterocycles. The van der Waals surface area contributed by atoms with E-state index in [1.165, 1.54) is 16.3 Å². The van der Waals surface area contributed by atoms with Gasteiger partial charge in [-0.1, -0.05) is 152 Å². The number of fused-ring (bicyclic) bond motifs is 6. The summed E-state index contributed by atoms with van der Waals surface area (Å²) in [4.78, 5) is 10.7. The monoisotopic (exact) mass is 681 g/mol. The van der Waals surface area contributed by atoms with Crippen molar-refractivity contribution in [3.05, 3.63) is 205 Å². The topological polar surface area (TPSA) is 42.8 Å². The average molecular weight is 682 g/mol. The Bertz CT molecular complexity index is 2840. The number of aromatic nitrogens is 1. The number of benzene rings is 7. The number of furan rings is 1. The molecule has 4 nitrogen and oxygen atoms in total. The lowest BCUT2D eigenvalue weighted by molar-refractivity contribution is 0.666. The SMILES string of the molecule is C=C\C(=N/C(=N\C(=C\C)c1ccc(-c2ccccc2)cc1)c1ccc(-n2c3ccccc3c3ccccc32)c2oc3ccccc3c12)c1ccccc1. The summed E-state index contributed by atoms with van der Waals surface area (Å²) in [6.45, 7) is 6.18. The molecule has 252 valence electrons. The lowest BCUT2D eigenvalue weighted by Crippen LogP contribution is -2.06. The highest BCUT2D eigenvalue weighted by Gasteiger charge is 2.22. The quantitative estimate of drug-likeness (QED) is 0.122. The molecule has 0 aliphatic carbocycles. The van der Waals surface area contributed by atoms with Crippen LogP contribution in [0, 0.1) is 0 Å². The fourth-order valence-electron chi connectivity index (χ4n) is 7.33. The molecule has 2 aromatic heterocycles. The minimum Gasteiger partial charge on any atom is -0.454 e. The number of para-hydroxylation sites is 3. The Morgan fingerprint density at radius 1 is 0.566 bits per heavy atom. The highest BCUT2D eigenvalue weighted by atomic mass is 16.3. The number of hydrogen-bond donors (Lipinski definition) is 0. The van der Waals surface area contributed by atoms with Crippen molar-refractivity contribution in [2.75, 3.05) is 0 Å². The summed E-state index contributed by atoms with van der Waals surface area (Å²) in [6.07, 6.45) is 3.84. The van der Waals surface area contributed by atoms with Gasteiger partial charge in [0.2, 0.25) is 0 Å². The van der Waals surface area contributed by atoms with Crippen LogP contribution in [0.2, 0.25) is 0 Å². The number of allylic oxidation sites excluding steroid dienone is 2. The van der Waals surface area contributed by atoms with Gasteiger partial charge in [-0.05, 0) is 60.0 Å². The maximum absolute atomic E-state index is 6.82. The van der Waals surface area contributed by atoms with E-state index in [2.05, 4.69) is 132 Å². The van der Waals surface area contributed by atoms with E-state index in [1.54, 1.807) is 6.08 Å². The van der Waals surface area contributed by atoms with Gasteiger partial charge in [-0.2, -0.15) is 0 Å². The molecule has 9 aromatic rings. The molecule has 0 aliphatic rings. The van der Waals surface area contributed by atoms with E-state index in [0.717, 1.165) is 72.3 Å². The largest absolute Gasteiger partial charge is 0.454 e. The second kappa shape index (κ2) is 13.6. The highest BCUT2D eigenvalue weighted by molar-refractivity contribution is 6.25. The van der Waals surface area contributed by atoms with Crippen molar-refractivity contribution in [1.82, 2.24) is 4.57 Å². The maximum Gasteiger partial charge on any atom is 0.161 e. The number of hydrogen-bond acceptors (Lipinski definition) is 2. The molecular formula is C49H35N3O. The molecule has 0 bridgehead atoms. The molecule has 0 spiro atoms. The fourth-order valence-corrected chi connectivity index (χ4v) is 7.33. The zero-order valence-electron chi connectivity index (χ0n) is 29.3. The van der Waals surface area contributed by atoms with Crippen LogP contribution in [-0.2, 0) is 0 Å². The summed E-state index contributed by atoms with van der Waals surface area (Å²) in [7, 11) is 0. The van der Waals surface area contributed by atoms with Gasteiger partial charge in [0.15, 0.2) is 11.4 Å². The standard InChI is InChI=1S/C49H35N3O/c1-3-41(35-19-9-6-10-20-35)50-49(51-42(4-2)36-29-27-34(28-30-36)33-17-7-5-8-18-33)40-31-32-45(48-47(40)39-23-13-16-26-46(39)53-48)52-43-24-14-11-21-37(43)38-22-12-15-25-44(38)52/h3-32H,1H2,2H3/b42-4+,50-41+,51-49-. The first-order valence-electron chi connectivity index (χ1n) is 17.8. The first-order valence-corrected chi connectivity index (χ1v) is 17.8. The molecule has 7 aromatic carbocycles. The summed E-state index contributed by atoms with van der Waals surface area (Å²) in [5, 5.41) is 4.33. The van der Waals surface area contributed by atoms with Gasteiger partial charge < -0.3 is 8.98 Å². The number of aliphatic imine (C=N–C) groups is 2. The molecule has 0 atom stereocenters. The predicted molar refractivity (Wildman–Crippen MR) is 223 cm³/mol. The zero-order valence-corrected chi connectivity index (χ0v) is 29.3. The van der Waals surface area contributed by atoms with Crippen LogP contribution < -0.4 is 0 Å². The summed E-state index contributed by atoms with van der Waals surface area (Å²) in [6, 6.07) is 58.7. The van der Waals surface area contributed by atoms with E-state index in [9.17, 15) is 0 Å². The van der Waals surface area contributed by atoms with Crippen LogP contribution in [0.25, 0.3) is 66.3 Å². The first-order chi connectivity index (χ1) is 26.2. The molecule has 0 aliphatic heterocycles. The van der Waals surface area contributed by atoms with E-state index < -0.39 is 0 Å². The molecule has 2 heterocycles. The number of nitrogens with zero attached hydrogens (tertiary/aromatic N) is 3. The Labute approximate surface area is 308 Å². The Balaban J connectivity index is 1.30. The second-order valence-corrected chi connectivity index (χ2v) is 12.9. The third-order valence-corrected chi connectivity index (χ3v) is 9.84. The van der Waals surface area contributed by atoms with Crippen LogP contribution in [0.3, 0.4) is 0 Å². The van der Waals surface area contributed by atoms with Gasteiger partial charge in [-0.25, -0.2) is 9.98 Å². The molecule has 0 fully saturated rings. The van der Waals surface area contributed by atoms with E-state index in [4.69, 9.17) is 14.4 Å². The van der Waals surface area contributed by atoms with Gasteiger partial charge in [-0.3, -0.25) is 0 Å². The first kappa shape index (κ1) is 31.9. The van der Waals surface area contributed by atoms with Gasteiger partial charge in [0.25, 0.3) is 0 Å². The number of rotatable bonds is 7. The van der Waals surface area contributed by atoms with Crippen molar-refractivity contribution in [1.29, 1.82) is 0 Å². The van der Waals surface area contributed by atoms with Crippen molar-refractivity contribution in [2.24, 2.45) is 9.98 Å². The Morgan fingerprint density at radius 2 is 1.15 bits per heavy atom. The minimum absolute atomic E-state index is 0.564. The van der Waals surface area contributed by atoms with Crippen molar-refractivity contribution < 1.29 is 4.42 Å². The van der Waals surface area contributed by atoms with E-state index in [-0.39, 0.29) is 0 Å². The van der Waals surface area contributed by atoms with E-state index >= 15 is 0 Å². The van der Waals surface area contributed by atoms with Gasteiger partial charge in [-0.15, -0.1) is 0 Å². The Hall–Kier alpha value is -7.04. The third kappa shape index (κ3) is 5.67. The molecule has 0 unspecified atom stereocenters. The molecule has 0 saturated carbocycles. The highest BCUT2D eigenvalue weighted by Crippen LogP contribution is 2.40. The summed E-state index contributed by atoms with van der Waals surface area (Å²) >= 11 is 0. The second-order valence-electron chi connectivity index (χ2n) is 12.9. The molecule has 9 rings (SSSR count). The van der Waals surface area contributed by atoms with Crippen LogP contribution >= 0.6 is 0 Å². The van der Waals surface area contributed by atoms with Crippen molar-refractivity contribution in [3.8, 4) is 16.8 Å². The molecule has 0 radical (unpaired) electrons. The predicted octanol–water partition coefficient (Wildman–Crippen LogP) is 12.8. The molecule has 4 heteroatoms. The van der Waals surface area contributed by atoms with Crippen molar-refractivity contribution in [3.63, 3.8) is 0 Å². The average Bonchev–Trinajstić information content (AvgIpc) is 3.78. The summed E-state index contributed by atoms with van der Waals surface area (Å²) in [5.41, 5.74) is 11.4. The smallest absolute Gasteiger partial charge is 0.161 e. The normalized spacial score (nSPS) is 12.7. The van der Waals surface area contributed by atoms with Crippen LogP contribution in [0.15, 0.2) is 203 Å². The lowest BCUT2D eigenvalue weighted by atomic mass is 10.0. The third-order valence-electron chi connectivity index (χ3n) is 9.84. The van der Waals surface area contributed by atoms with Crippen LogP contribution in [0.1, 0.15) is 23.6 Å². The maximum atomic E-state index is 6.82. The van der Waals surface area contributed by atoms with Crippen molar-refractivity contribution >= 4 is 61.0 Å². The van der Waals surface area contributed by atoms with E-state index in [1.807, 2.05) is 61.5 Å². The fraction of sp³-hybridized carbons (Fsp3) is 0.0204. The Kier molecular flexibility index (Phi) is 8.18.